The van der Waals surface area contributed by atoms with E-state index in [0.29, 0.717) is 11.3 Å². The fraction of sp³-hybridized carbons (Fsp3) is 0.333. The van der Waals surface area contributed by atoms with Crippen molar-refractivity contribution < 1.29 is 19.1 Å². The summed E-state index contributed by atoms with van der Waals surface area (Å²) in [7, 11) is 2.85. The lowest BCUT2D eigenvalue weighted by molar-refractivity contribution is -0.137. The molecule has 5 heteroatoms. The molecule has 0 N–H and O–H groups in total. The molecule has 1 aromatic rings. The van der Waals surface area contributed by atoms with Crippen LogP contribution in [0.1, 0.15) is 10.4 Å². The summed E-state index contributed by atoms with van der Waals surface area (Å²) in [6.45, 7) is 0. The lowest BCUT2D eigenvalue weighted by Gasteiger charge is -2.06. The number of methoxy groups -OCH3 is 2. The number of ether oxygens (including phenoxy) is 2. The van der Waals surface area contributed by atoms with Crippen LogP contribution in [0.2, 0.25) is 0 Å². The van der Waals surface area contributed by atoms with E-state index in [2.05, 4.69) is 4.74 Å². The summed E-state index contributed by atoms with van der Waals surface area (Å²) in [5.74, 6) is 0.572. The zero-order chi connectivity index (χ0) is 12.7. The Hall–Kier alpha value is -1.49. The van der Waals surface area contributed by atoms with Gasteiger partial charge in [-0.15, -0.1) is 11.8 Å². The Bertz CT molecular complexity index is 403. The molecule has 0 radical (unpaired) electrons. The van der Waals surface area contributed by atoms with E-state index in [-0.39, 0.29) is 23.3 Å². The van der Waals surface area contributed by atoms with Crippen molar-refractivity contribution in [3.63, 3.8) is 0 Å². The summed E-state index contributed by atoms with van der Waals surface area (Å²) in [6, 6.07) is 7.02. The summed E-state index contributed by atoms with van der Waals surface area (Å²) in [6.07, 6.45) is 0. The third-order valence-electron chi connectivity index (χ3n) is 2.09. The highest BCUT2D eigenvalue weighted by Gasteiger charge is 2.12. The van der Waals surface area contributed by atoms with Crippen molar-refractivity contribution in [1.29, 1.82) is 0 Å². The molecule has 1 aromatic carbocycles. The van der Waals surface area contributed by atoms with E-state index >= 15 is 0 Å². The first-order valence-corrected chi connectivity index (χ1v) is 6.15. The third kappa shape index (κ3) is 4.11. The number of rotatable bonds is 6. The second kappa shape index (κ2) is 6.96. The predicted molar refractivity (Wildman–Crippen MR) is 66.7 cm³/mol. The maximum atomic E-state index is 11.8. The highest BCUT2D eigenvalue weighted by molar-refractivity contribution is 8.00. The van der Waals surface area contributed by atoms with Crippen molar-refractivity contribution in [2.24, 2.45) is 0 Å². The van der Waals surface area contributed by atoms with Crippen LogP contribution in [0.5, 0.6) is 5.75 Å². The van der Waals surface area contributed by atoms with Crippen LogP contribution in [0, 0.1) is 0 Å². The van der Waals surface area contributed by atoms with Crippen LogP contribution in [0.4, 0.5) is 0 Å². The van der Waals surface area contributed by atoms with Gasteiger partial charge in [0.25, 0.3) is 0 Å². The first kappa shape index (κ1) is 13.6. The van der Waals surface area contributed by atoms with Crippen molar-refractivity contribution in [2.75, 3.05) is 25.7 Å². The maximum Gasteiger partial charge on any atom is 0.315 e. The minimum absolute atomic E-state index is 0.0589. The van der Waals surface area contributed by atoms with Gasteiger partial charge >= 0.3 is 5.97 Å². The van der Waals surface area contributed by atoms with Crippen LogP contribution < -0.4 is 4.74 Å². The van der Waals surface area contributed by atoms with Crippen LogP contribution in [-0.4, -0.2) is 37.5 Å². The van der Waals surface area contributed by atoms with Gasteiger partial charge in [-0.1, -0.05) is 12.1 Å². The number of esters is 1. The van der Waals surface area contributed by atoms with Gasteiger partial charge in [-0.3, -0.25) is 9.59 Å². The third-order valence-corrected chi connectivity index (χ3v) is 2.99. The average Bonchev–Trinajstić information content (AvgIpc) is 2.38. The van der Waals surface area contributed by atoms with E-state index in [1.165, 1.54) is 26.0 Å². The monoisotopic (exact) mass is 254 g/mol. The molecule has 0 aliphatic rings. The number of hydrogen-bond donors (Lipinski definition) is 0. The van der Waals surface area contributed by atoms with Crippen LogP contribution in [-0.2, 0) is 9.53 Å². The first-order chi connectivity index (χ1) is 8.19. The van der Waals surface area contributed by atoms with E-state index in [0.717, 1.165) is 0 Å². The van der Waals surface area contributed by atoms with Crippen molar-refractivity contribution >= 4 is 23.5 Å². The Balaban J connectivity index is 2.55. The van der Waals surface area contributed by atoms with Crippen molar-refractivity contribution in [1.82, 2.24) is 0 Å². The largest absolute Gasteiger partial charge is 0.496 e. The molecule has 0 heterocycles. The maximum absolute atomic E-state index is 11.8. The topological polar surface area (TPSA) is 52.6 Å². The lowest BCUT2D eigenvalue weighted by Crippen LogP contribution is -2.09. The molecule has 0 unspecified atom stereocenters. The molecule has 0 aliphatic heterocycles. The predicted octanol–water partition coefficient (Wildman–Crippen LogP) is 1.78. The number of para-hydroxylation sites is 1. The van der Waals surface area contributed by atoms with Crippen LogP contribution in [0.15, 0.2) is 24.3 Å². The normalized spacial score (nSPS) is 9.76. The van der Waals surface area contributed by atoms with Gasteiger partial charge in [-0.05, 0) is 12.1 Å². The molecule has 0 saturated heterocycles. The van der Waals surface area contributed by atoms with E-state index in [1.54, 1.807) is 24.3 Å². The number of benzene rings is 1. The van der Waals surface area contributed by atoms with Gasteiger partial charge in [-0.2, -0.15) is 0 Å². The zero-order valence-corrected chi connectivity index (χ0v) is 10.6. The van der Waals surface area contributed by atoms with E-state index in [4.69, 9.17) is 4.74 Å². The quantitative estimate of drug-likeness (QED) is 0.572. The van der Waals surface area contributed by atoms with Crippen molar-refractivity contribution in [3.8, 4) is 5.75 Å². The molecule has 92 valence electrons. The summed E-state index contributed by atoms with van der Waals surface area (Å²) in [5, 5.41) is 0. The van der Waals surface area contributed by atoms with E-state index < -0.39 is 0 Å². The molecule has 1 rings (SSSR count). The summed E-state index contributed by atoms with van der Waals surface area (Å²) in [5.41, 5.74) is 0.535. The van der Waals surface area contributed by atoms with Crippen LogP contribution in [0.25, 0.3) is 0 Å². The second-order valence-corrected chi connectivity index (χ2v) is 4.18. The molecular weight excluding hydrogens is 240 g/mol. The Morgan fingerprint density at radius 3 is 2.53 bits per heavy atom. The number of carbonyl (C=O) groups excluding carboxylic acids is 2. The van der Waals surface area contributed by atoms with Gasteiger partial charge in [0, 0.05) is 0 Å². The van der Waals surface area contributed by atoms with Crippen molar-refractivity contribution in [3.05, 3.63) is 29.8 Å². The van der Waals surface area contributed by atoms with Crippen LogP contribution >= 0.6 is 11.8 Å². The number of ketones is 1. The number of carbonyl (C=O) groups is 2. The Labute approximate surface area is 104 Å². The molecule has 4 nitrogen and oxygen atoms in total. The van der Waals surface area contributed by atoms with Crippen molar-refractivity contribution in [2.45, 2.75) is 0 Å². The summed E-state index contributed by atoms with van der Waals surface area (Å²) < 4.78 is 9.58. The molecule has 0 bridgehead atoms. The summed E-state index contributed by atoms with van der Waals surface area (Å²) in [4.78, 5) is 22.7. The van der Waals surface area contributed by atoms with Crippen LogP contribution in [0.3, 0.4) is 0 Å². The highest BCUT2D eigenvalue weighted by Crippen LogP contribution is 2.19. The standard InChI is InChI=1S/C12H14O4S/c1-15-11-6-4-3-5-9(11)10(13)7-17-8-12(14)16-2/h3-6H,7-8H2,1-2H3. The van der Waals surface area contributed by atoms with Gasteiger partial charge < -0.3 is 9.47 Å². The fourth-order valence-corrected chi connectivity index (χ4v) is 1.97. The van der Waals surface area contributed by atoms with Gasteiger partial charge in [0.15, 0.2) is 5.78 Å². The van der Waals surface area contributed by atoms with Gasteiger partial charge in [0.2, 0.25) is 0 Å². The number of hydrogen-bond acceptors (Lipinski definition) is 5. The Kier molecular flexibility index (Phi) is 5.56. The van der Waals surface area contributed by atoms with E-state index in [1.807, 2.05) is 0 Å². The van der Waals surface area contributed by atoms with Gasteiger partial charge in [-0.25, -0.2) is 0 Å². The molecule has 0 aromatic heterocycles. The Morgan fingerprint density at radius 1 is 1.18 bits per heavy atom. The molecule has 0 spiro atoms. The molecule has 17 heavy (non-hydrogen) atoms. The minimum atomic E-state index is -0.331. The smallest absolute Gasteiger partial charge is 0.315 e. The first-order valence-electron chi connectivity index (χ1n) is 4.99. The molecule has 0 aliphatic carbocycles. The second-order valence-electron chi connectivity index (χ2n) is 3.19. The zero-order valence-electron chi connectivity index (χ0n) is 9.76. The number of thioether (sulfide) groups is 1. The molecule has 0 amide bonds. The average molecular weight is 254 g/mol. The summed E-state index contributed by atoms with van der Waals surface area (Å²) >= 11 is 1.23. The number of Topliss-reactive ketones (excluding diaryl/α,β-unsaturated/α-hetero) is 1. The molecular formula is C12H14O4S. The minimum Gasteiger partial charge on any atom is -0.496 e. The molecule has 0 fully saturated rings. The van der Waals surface area contributed by atoms with Gasteiger partial charge in [0.1, 0.15) is 5.75 Å². The molecule has 0 atom stereocenters. The lowest BCUT2D eigenvalue weighted by atomic mass is 10.1. The molecule has 0 saturated carbocycles. The SMILES string of the molecule is COC(=O)CSCC(=O)c1ccccc1OC. The van der Waals surface area contributed by atoms with E-state index in [9.17, 15) is 9.59 Å². The Morgan fingerprint density at radius 2 is 1.88 bits per heavy atom. The highest BCUT2D eigenvalue weighted by atomic mass is 32.2. The van der Waals surface area contributed by atoms with Gasteiger partial charge in [0.05, 0.1) is 31.3 Å². The fourth-order valence-electron chi connectivity index (χ4n) is 1.24.